The van der Waals surface area contributed by atoms with E-state index in [1.54, 1.807) is 13.2 Å². The number of hydrogen-bond acceptors (Lipinski definition) is 4. The van der Waals surface area contributed by atoms with Gasteiger partial charge in [0.2, 0.25) is 0 Å². The summed E-state index contributed by atoms with van der Waals surface area (Å²) in [5, 5.41) is 2.83. The Bertz CT molecular complexity index is 681. The Hall–Kier alpha value is -1.86. The molecule has 1 aromatic rings. The van der Waals surface area contributed by atoms with Crippen LogP contribution >= 0.6 is 0 Å². The van der Waals surface area contributed by atoms with E-state index in [4.69, 9.17) is 4.74 Å². The zero-order valence-electron chi connectivity index (χ0n) is 15.3. The minimum Gasteiger partial charge on any atom is -0.381 e. The van der Waals surface area contributed by atoms with Crippen LogP contribution in [0.3, 0.4) is 0 Å². The fourth-order valence-electron chi connectivity index (χ4n) is 3.72. The molecule has 3 rings (SSSR count). The number of carbonyl (C=O) groups excluding carboxylic acids is 1. The number of hydrogen-bond donors (Lipinski definition) is 1. The molecule has 1 atom stereocenters. The number of urea groups is 1. The molecule has 7 heteroatoms. The zero-order valence-corrected chi connectivity index (χ0v) is 15.3. The fraction of sp³-hybridized carbons (Fsp3) is 0.667. The number of amides is 2. The minimum absolute atomic E-state index is 0.115. The van der Waals surface area contributed by atoms with Gasteiger partial charge in [0.15, 0.2) is 0 Å². The molecule has 0 spiro atoms. The molecular weight excluding hydrogens is 320 g/mol. The molecule has 3 heterocycles. The third-order valence-corrected chi connectivity index (χ3v) is 5.34. The number of carbonyl (C=O) groups is 1. The van der Waals surface area contributed by atoms with E-state index in [1.165, 1.54) is 4.57 Å². The van der Waals surface area contributed by atoms with Crippen LogP contribution in [-0.2, 0) is 11.8 Å². The minimum atomic E-state index is -0.189. The van der Waals surface area contributed by atoms with Crippen LogP contribution in [0.15, 0.2) is 17.1 Å². The lowest BCUT2D eigenvalue weighted by Crippen LogP contribution is -2.58. The van der Waals surface area contributed by atoms with Gasteiger partial charge in [0.05, 0.1) is 0 Å². The number of piperazine rings is 1. The molecule has 0 radical (unpaired) electrons. The van der Waals surface area contributed by atoms with Crippen molar-refractivity contribution in [1.82, 2.24) is 14.4 Å². The van der Waals surface area contributed by atoms with E-state index in [0.717, 1.165) is 44.7 Å². The summed E-state index contributed by atoms with van der Waals surface area (Å²) in [5.41, 5.74) is 0.973. The Labute approximate surface area is 148 Å². The molecule has 7 nitrogen and oxygen atoms in total. The molecule has 0 aromatic carbocycles. The van der Waals surface area contributed by atoms with Crippen LogP contribution in [-0.4, -0.2) is 65.3 Å². The van der Waals surface area contributed by atoms with Crippen molar-refractivity contribution in [1.29, 1.82) is 0 Å². The Morgan fingerprint density at radius 3 is 2.68 bits per heavy atom. The second-order valence-electron chi connectivity index (χ2n) is 7.10. The summed E-state index contributed by atoms with van der Waals surface area (Å²) in [7, 11) is 1.69. The van der Waals surface area contributed by atoms with E-state index in [2.05, 4.69) is 17.1 Å². The predicted molar refractivity (Wildman–Crippen MR) is 97.0 cm³/mol. The number of rotatable bonds is 2. The van der Waals surface area contributed by atoms with E-state index in [-0.39, 0.29) is 17.6 Å². The average Bonchev–Trinajstić information content (AvgIpc) is 2.62. The molecule has 138 valence electrons. The largest absolute Gasteiger partial charge is 0.381 e. The Morgan fingerprint density at radius 2 is 2.00 bits per heavy atom. The molecule has 2 fully saturated rings. The highest BCUT2D eigenvalue weighted by Crippen LogP contribution is 2.20. The monoisotopic (exact) mass is 348 g/mol. The average molecular weight is 348 g/mol. The zero-order chi connectivity index (χ0) is 18.0. The number of aryl methyl sites for hydroxylation is 2. The van der Waals surface area contributed by atoms with Gasteiger partial charge in [0, 0.05) is 58.2 Å². The molecule has 0 saturated carbocycles. The SMILES string of the molecule is Cc1ccn(C)c(=O)c1NC(=O)N1CCN(C2CCOCC2)C[C@H]1C. The maximum absolute atomic E-state index is 12.7. The summed E-state index contributed by atoms with van der Waals surface area (Å²) in [6.07, 6.45) is 3.85. The van der Waals surface area contributed by atoms with Crippen LogP contribution in [0.2, 0.25) is 0 Å². The van der Waals surface area contributed by atoms with Gasteiger partial charge in [-0.3, -0.25) is 9.69 Å². The molecule has 0 unspecified atom stereocenters. The first kappa shape index (κ1) is 17.9. The Balaban J connectivity index is 1.64. The first-order valence-corrected chi connectivity index (χ1v) is 9.03. The summed E-state index contributed by atoms with van der Waals surface area (Å²) in [6, 6.07) is 2.32. The third-order valence-electron chi connectivity index (χ3n) is 5.34. The molecule has 25 heavy (non-hydrogen) atoms. The van der Waals surface area contributed by atoms with Crippen molar-refractivity contribution < 1.29 is 9.53 Å². The van der Waals surface area contributed by atoms with Gasteiger partial charge in [-0.15, -0.1) is 0 Å². The van der Waals surface area contributed by atoms with Crippen LogP contribution < -0.4 is 10.9 Å². The lowest BCUT2D eigenvalue weighted by molar-refractivity contribution is 0.00816. The smallest absolute Gasteiger partial charge is 0.322 e. The van der Waals surface area contributed by atoms with Gasteiger partial charge in [0.25, 0.3) is 5.56 Å². The molecule has 2 saturated heterocycles. The Morgan fingerprint density at radius 1 is 1.28 bits per heavy atom. The number of aromatic nitrogens is 1. The van der Waals surface area contributed by atoms with Crippen molar-refractivity contribution in [2.24, 2.45) is 7.05 Å². The van der Waals surface area contributed by atoms with Gasteiger partial charge in [-0.25, -0.2) is 4.79 Å². The Kier molecular flexibility index (Phi) is 5.44. The highest BCUT2D eigenvalue weighted by molar-refractivity contribution is 5.90. The van der Waals surface area contributed by atoms with Gasteiger partial charge < -0.3 is 19.5 Å². The molecular formula is C18H28N4O3. The molecule has 0 aliphatic carbocycles. The molecule has 2 aliphatic rings. The van der Waals surface area contributed by atoms with E-state index in [0.29, 0.717) is 18.3 Å². The van der Waals surface area contributed by atoms with E-state index in [9.17, 15) is 9.59 Å². The quantitative estimate of drug-likeness (QED) is 0.878. The number of nitrogens with zero attached hydrogens (tertiary/aromatic N) is 3. The number of pyridine rings is 1. The van der Waals surface area contributed by atoms with Crippen LogP contribution in [0.1, 0.15) is 25.3 Å². The van der Waals surface area contributed by atoms with E-state index in [1.807, 2.05) is 17.9 Å². The molecule has 1 N–H and O–H groups in total. The normalized spacial score (nSPS) is 22.8. The second kappa shape index (κ2) is 7.58. The van der Waals surface area contributed by atoms with E-state index >= 15 is 0 Å². The van der Waals surface area contributed by atoms with Crippen LogP contribution in [0.4, 0.5) is 10.5 Å². The van der Waals surface area contributed by atoms with Crippen LogP contribution in [0.5, 0.6) is 0 Å². The van der Waals surface area contributed by atoms with Crippen LogP contribution in [0.25, 0.3) is 0 Å². The van der Waals surface area contributed by atoms with Crippen molar-refractivity contribution >= 4 is 11.7 Å². The molecule has 1 aromatic heterocycles. The van der Waals surface area contributed by atoms with Crippen LogP contribution in [0, 0.1) is 6.92 Å². The lowest BCUT2D eigenvalue weighted by atomic mass is 10.0. The lowest BCUT2D eigenvalue weighted by Gasteiger charge is -2.44. The first-order valence-electron chi connectivity index (χ1n) is 9.03. The summed E-state index contributed by atoms with van der Waals surface area (Å²) in [4.78, 5) is 29.3. The van der Waals surface area contributed by atoms with Gasteiger partial charge in [-0.1, -0.05) is 0 Å². The maximum Gasteiger partial charge on any atom is 0.322 e. The predicted octanol–water partition coefficient (Wildman–Crippen LogP) is 1.41. The van der Waals surface area contributed by atoms with E-state index < -0.39 is 0 Å². The summed E-state index contributed by atoms with van der Waals surface area (Å²) < 4.78 is 6.92. The number of ether oxygens (including phenoxy) is 1. The molecule has 2 aliphatic heterocycles. The maximum atomic E-state index is 12.7. The summed E-state index contributed by atoms with van der Waals surface area (Å²) in [5.74, 6) is 0. The highest BCUT2D eigenvalue weighted by Gasteiger charge is 2.32. The van der Waals surface area contributed by atoms with Crippen molar-refractivity contribution in [3.05, 3.63) is 28.2 Å². The number of anilines is 1. The molecule has 2 amide bonds. The van der Waals surface area contributed by atoms with Gasteiger partial charge in [-0.2, -0.15) is 0 Å². The van der Waals surface area contributed by atoms with Crippen molar-refractivity contribution in [3.8, 4) is 0 Å². The third kappa shape index (κ3) is 3.88. The van der Waals surface area contributed by atoms with Crippen molar-refractivity contribution in [2.75, 3.05) is 38.2 Å². The highest BCUT2D eigenvalue weighted by atomic mass is 16.5. The topological polar surface area (TPSA) is 66.8 Å². The number of nitrogens with one attached hydrogen (secondary N) is 1. The fourth-order valence-corrected chi connectivity index (χ4v) is 3.72. The van der Waals surface area contributed by atoms with Gasteiger partial charge in [-0.05, 0) is 38.3 Å². The first-order chi connectivity index (χ1) is 12.0. The molecule has 0 bridgehead atoms. The van der Waals surface area contributed by atoms with Gasteiger partial charge in [0.1, 0.15) is 5.69 Å². The van der Waals surface area contributed by atoms with Crippen molar-refractivity contribution in [2.45, 2.75) is 38.8 Å². The van der Waals surface area contributed by atoms with Gasteiger partial charge >= 0.3 is 6.03 Å². The standard InChI is InChI=1S/C18H28N4O3/c1-13-4-7-20(3)17(23)16(13)19-18(24)22-9-8-21(12-14(22)2)15-5-10-25-11-6-15/h4,7,14-15H,5-6,8-12H2,1-3H3,(H,19,24)/t14-/m1/s1. The summed E-state index contributed by atoms with van der Waals surface area (Å²) >= 11 is 0. The second-order valence-corrected chi connectivity index (χ2v) is 7.10. The summed E-state index contributed by atoms with van der Waals surface area (Å²) in [6.45, 7) is 7.98. The van der Waals surface area contributed by atoms with Crippen molar-refractivity contribution in [3.63, 3.8) is 0 Å².